The maximum Gasteiger partial charge on any atom is 0.271 e. The summed E-state index contributed by atoms with van der Waals surface area (Å²) >= 11 is 12.0. The van der Waals surface area contributed by atoms with Crippen molar-refractivity contribution in [2.24, 2.45) is 0 Å². The zero-order valence-electron chi connectivity index (χ0n) is 16.0. The molecule has 0 saturated heterocycles. The van der Waals surface area contributed by atoms with Gasteiger partial charge in [0.25, 0.3) is 5.56 Å². The Morgan fingerprint density at radius 3 is 2.70 bits per heavy atom. The van der Waals surface area contributed by atoms with E-state index in [0.29, 0.717) is 10.8 Å². The molecule has 9 heteroatoms. The van der Waals surface area contributed by atoms with Gasteiger partial charge in [-0.25, -0.2) is 0 Å². The second kappa shape index (κ2) is 8.66. The molecule has 0 bridgehead atoms. The lowest BCUT2D eigenvalue weighted by Crippen LogP contribution is -2.31. The van der Waals surface area contributed by atoms with Gasteiger partial charge in [-0.15, -0.1) is 0 Å². The second-order valence-electron chi connectivity index (χ2n) is 6.48. The van der Waals surface area contributed by atoms with Gasteiger partial charge in [0, 0.05) is 5.02 Å². The van der Waals surface area contributed by atoms with Crippen LogP contribution in [-0.4, -0.2) is 21.6 Å². The molecule has 0 amide bonds. The van der Waals surface area contributed by atoms with Crippen molar-refractivity contribution in [1.82, 2.24) is 4.57 Å². The molecule has 1 unspecified atom stereocenters. The Labute approximate surface area is 181 Å². The summed E-state index contributed by atoms with van der Waals surface area (Å²) in [6.07, 6.45) is 0.337. The van der Waals surface area contributed by atoms with Crippen molar-refractivity contribution in [2.75, 3.05) is 0 Å². The summed E-state index contributed by atoms with van der Waals surface area (Å²) < 4.78 is 11.8. The van der Waals surface area contributed by atoms with Gasteiger partial charge in [0.15, 0.2) is 6.10 Å². The molecule has 1 N–H and O–H groups in total. The van der Waals surface area contributed by atoms with Crippen LogP contribution in [0, 0.1) is 18.3 Å². The number of Topliss-reactive ketones (excluding diaryl/α,β-unsaturated/α-hetero) is 1. The number of halogens is 2. The average Bonchev–Trinajstić information content (AvgIpc) is 3.21. The van der Waals surface area contributed by atoms with Gasteiger partial charge in [-0.3, -0.25) is 14.2 Å². The number of furan rings is 1. The van der Waals surface area contributed by atoms with Gasteiger partial charge < -0.3 is 14.3 Å². The van der Waals surface area contributed by atoms with Crippen LogP contribution in [0.5, 0.6) is 11.6 Å². The number of rotatable bonds is 6. The van der Waals surface area contributed by atoms with Crippen LogP contribution in [0.2, 0.25) is 10.0 Å². The third kappa shape index (κ3) is 4.06. The summed E-state index contributed by atoms with van der Waals surface area (Å²) in [4.78, 5) is 25.7. The molecule has 7 nitrogen and oxygen atoms in total. The Morgan fingerprint density at radius 2 is 2.10 bits per heavy atom. The lowest BCUT2D eigenvalue weighted by Gasteiger charge is -2.19. The number of hydrogen-bond donors (Lipinski definition) is 1. The van der Waals surface area contributed by atoms with Gasteiger partial charge in [-0.2, -0.15) is 5.26 Å². The predicted octanol–water partition coefficient (Wildman–Crippen LogP) is 4.33. The van der Waals surface area contributed by atoms with Gasteiger partial charge in [0.05, 0.1) is 23.4 Å². The molecular formula is C21H16Cl2N2O5. The van der Waals surface area contributed by atoms with Crippen LogP contribution in [0.25, 0.3) is 0 Å². The average molecular weight is 447 g/mol. The lowest BCUT2D eigenvalue weighted by molar-refractivity contribution is 0.0812. The van der Waals surface area contributed by atoms with E-state index in [4.69, 9.17) is 32.4 Å². The number of pyridine rings is 1. The summed E-state index contributed by atoms with van der Waals surface area (Å²) in [5.41, 5.74) is -1.09. The second-order valence-corrected chi connectivity index (χ2v) is 7.32. The van der Waals surface area contributed by atoms with E-state index in [1.54, 1.807) is 24.3 Å². The van der Waals surface area contributed by atoms with Crippen molar-refractivity contribution in [3.8, 4) is 17.7 Å². The molecule has 0 aliphatic heterocycles. The van der Waals surface area contributed by atoms with E-state index in [1.807, 2.05) is 0 Å². The highest BCUT2D eigenvalue weighted by Gasteiger charge is 2.28. The van der Waals surface area contributed by atoms with Gasteiger partial charge in [-0.05, 0) is 49.7 Å². The lowest BCUT2D eigenvalue weighted by atomic mass is 9.99. The highest BCUT2D eigenvalue weighted by molar-refractivity contribution is 6.35. The minimum atomic E-state index is -1.07. The van der Waals surface area contributed by atoms with E-state index in [9.17, 15) is 20.0 Å². The molecule has 2 aromatic heterocycles. The van der Waals surface area contributed by atoms with Crippen LogP contribution < -0.4 is 10.3 Å². The van der Waals surface area contributed by atoms with Crippen molar-refractivity contribution < 1.29 is 19.1 Å². The molecule has 0 saturated carbocycles. The van der Waals surface area contributed by atoms with Gasteiger partial charge in [0.1, 0.15) is 23.1 Å². The first-order valence-electron chi connectivity index (χ1n) is 8.79. The van der Waals surface area contributed by atoms with E-state index >= 15 is 0 Å². The van der Waals surface area contributed by atoms with E-state index in [1.165, 1.54) is 32.2 Å². The highest BCUT2D eigenvalue weighted by atomic mass is 35.5. The molecule has 0 radical (unpaired) electrons. The van der Waals surface area contributed by atoms with E-state index in [2.05, 4.69) is 0 Å². The van der Waals surface area contributed by atoms with Crippen molar-refractivity contribution in [3.05, 3.63) is 79.4 Å². The molecule has 3 rings (SSSR count). The smallest absolute Gasteiger partial charge is 0.271 e. The molecule has 0 fully saturated rings. The number of nitrogens with zero attached hydrogens (tertiary/aromatic N) is 2. The van der Waals surface area contributed by atoms with Crippen LogP contribution in [-0.2, 0) is 6.54 Å². The zero-order chi connectivity index (χ0) is 22.0. The summed E-state index contributed by atoms with van der Waals surface area (Å²) in [7, 11) is 0. The number of benzene rings is 1. The number of aromatic nitrogens is 1. The number of ether oxygens (including phenoxy) is 1. The Bertz CT molecular complexity index is 1210. The monoisotopic (exact) mass is 446 g/mol. The van der Waals surface area contributed by atoms with Crippen molar-refractivity contribution in [3.63, 3.8) is 0 Å². The molecule has 0 aliphatic rings. The maximum atomic E-state index is 13.1. The highest BCUT2D eigenvalue weighted by Crippen LogP contribution is 2.30. The number of carbonyl (C=O) groups is 1. The number of ketones is 1. The topological polar surface area (TPSA) is 105 Å². The molecule has 1 atom stereocenters. The summed E-state index contributed by atoms with van der Waals surface area (Å²) in [5.74, 6) is -0.601. The quantitative estimate of drug-likeness (QED) is 0.564. The largest absolute Gasteiger partial charge is 0.494 e. The first-order valence-corrected chi connectivity index (χ1v) is 9.55. The van der Waals surface area contributed by atoms with Crippen LogP contribution in [0.15, 0.2) is 45.8 Å². The van der Waals surface area contributed by atoms with Crippen molar-refractivity contribution >= 4 is 29.0 Å². The van der Waals surface area contributed by atoms with Crippen LogP contribution in [0.3, 0.4) is 0 Å². The summed E-state index contributed by atoms with van der Waals surface area (Å²) in [6.45, 7) is 2.75. The molecule has 2 heterocycles. The molecule has 30 heavy (non-hydrogen) atoms. The van der Waals surface area contributed by atoms with Gasteiger partial charge in [-0.1, -0.05) is 23.2 Å². The van der Waals surface area contributed by atoms with Gasteiger partial charge >= 0.3 is 0 Å². The summed E-state index contributed by atoms with van der Waals surface area (Å²) in [6, 6.07) is 9.57. The third-order valence-corrected chi connectivity index (χ3v) is 5.04. The van der Waals surface area contributed by atoms with Crippen molar-refractivity contribution in [1.29, 1.82) is 5.26 Å². The SMILES string of the molecule is Cc1c(C(=O)C(C)Oc2ccc(Cl)cc2Cl)c(O)n(Cc2ccco2)c(=O)c1C#N. The molecule has 1 aromatic carbocycles. The van der Waals surface area contributed by atoms with Crippen LogP contribution in [0.4, 0.5) is 0 Å². The fourth-order valence-corrected chi connectivity index (χ4v) is 3.42. The Morgan fingerprint density at radius 1 is 1.37 bits per heavy atom. The fourth-order valence-electron chi connectivity index (χ4n) is 2.97. The number of hydrogen-bond acceptors (Lipinski definition) is 6. The minimum absolute atomic E-state index is 0.0679. The first-order chi connectivity index (χ1) is 14.2. The van der Waals surface area contributed by atoms with E-state index in [-0.39, 0.29) is 34.0 Å². The fraction of sp³-hybridized carbons (Fsp3) is 0.190. The number of aromatic hydroxyl groups is 1. The molecule has 0 spiro atoms. The van der Waals surface area contributed by atoms with Crippen LogP contribution >= 0.6 is 23.2 Å². The Kier molecular flexibility index (Phi) is 6.20. The normalized spacial score (nSPS) is 11.7. The zero-order valence-corrected chi connectivity index (χ0v) is 17.5. The molecular weight excluding hydrogens is 431 g/mol. The maximum absolute atomic E-state index is 13.1. The number of nitriles is 1. The third-order valence-electron chi connectivity index (χ3n) is 4.51. The molecule has 154 valence electrons. The van der Waals surface area contributed by atoms with Gasteiger partial charge in [0.2, 0.25) is 11.7 Å². The first kappa shape index (κ1) is 21.5. The standard InChI is InChI=1S/C21H16Cl2N2O5/c1-11-15(9-24)20(27)25(10-14-4-3-7-29-14)21(28)18(11)19(26)12(2)30-17-6-5-13(22)8-16(17)23/h3-8,12,28H,10H2,1-2H3. The number of carbonyl (C=O) groups excluding carboxylic acids is 1. The van der Waals surface area contributed by atoms with Crippen molar-refractivity contribution in [2.45, 2.75) is 26.5 Å². The summed E-state index contributed by atoms with van der Waals surface area (Å²) in [5, 5.41) is 20.8. The van der Waals surface area contributed by atoms with Crippen LogP contribution in [0.1, 0.15) is 34.2 Å². The van der Waals surface area contributed by atoms with E-state index < -0.39 is 23.3 Å². The Hall–Kier alpha value is -3.21. The molecule has 0 aliphatic carbocycles. The minimum Gasteiger partial charge on any atom is -0.494 e. The Balaban J connectivity index is 2.04. The van der Waals surface area contributed by atoms with E-state index in [0.717, 1.165) is 4.57 Å². The molecule has 3 aromatic rings. The predicted molar refractivity (Wildman–Crippen MR) is 111 cm³/mol.